The standard InChI is InChI=1S/C12H16FN3OS/c1-2-9(7-11(14)18)15-12(17)16-10-5-3-4-8(13)6-10/h3-6,9H,2,7H2,1H3,(H2,14,18)(H2,15,16,17). The van der Waals surface area contributed by atoms with Crippen LogP contribution >= 0.6 is 12.2 Å². The van der Waals surface area contributed by atoms with Crippen molar-refractivity contribution in [3.8, 4) is 0 Å². The minimum atomic E-state index is -0.400. The fourth-order valence-electron chi connectivity index (χ4n) is 1.46. The first-order valence-electron chi connectivity index (χ1n) is 5.62. The van der Waals surface area contributed by atoms with Gasteiger partial charge in [-0.05, 0) is 24.6 Å². The average molecular weight is 269 g/mol. The third kappa shape index (κ3) is 5.09. The van der Waals surface area contributed by atoms with Gasteiger partial charge in [-0.25, -0.2) is 9.18 Å². The Labute approximate surface area is 111 Å². The molecular weight excluding hydrogens is 253 g/mol. The normalized spacial score (nSPS) is 11.7. The number of anilines is 1. The SMILES string of the molecule is CCC(CC(N)=S)NC(=O)Nc1cccc(F)c1. The van der Waals surface area contributed by atoms with E-state index in [9.17, 15) is 9.18 Å². The minimum absolute atomic E-state index is 0.115. The Balaban J connectivity index is 2.52. The zero-order chi connectivity index (χ0) is 13.5. The molecular formula is C12H16FN3OS. The lowest BCUT2D eigenvalue weighted by Gasteiger charge is -2.16. The molecule has 0 fully saturated rings. The van der Waals surface area contributed by atoms with Crippen LogP contribution in [0.1, 0.15) is 19.8 Å². The van der Waals surface area contributed by atoms with Crippen LogP contribution in [0.3, 0.4) is 0 Å². The highest BCUT2D eigenvalue weighted by Crippen LogP contribution is 2.09. The lowest BCUT2D eigenvalue weighted by molar-refractivity contribution is 0.248. The molecule has 0 saturated carbocycles. The Morgan fingerprint density at radius 1 is 1.56 bits per heavy atom. The van der Waals surface area contributed by atoms with Crippen LogP contribution in [0.15, 0.2) is 24.3 Å². The molecule has 6 heteroatoms. The van der Waals surface area contributed by atoms with E-state index in [4.69, 9.17) is 18.0 Å². The number of rotatable bonds is 5. The summed E-state index contributed by atoms with van der Waals surface area (Å²) in [6.07, 6.45) is 1.16. The molecule has 4 nitrogen and oxygen atoms in total. The summed E-state index contributed by atoms with van der Waals surface area (Å²) in [4.78, 5) is 12.0. The Kier molecular flexibility index (Phi) is 5.51. The van der Waals surface area contributed by atoms with Gasteiger partial charge in [0, 0.05) is 18.2 Å². The van der Waals surface area contributed by atoms with E-state index in [1.54, 1.807) is 6.07 Å². The number of thiocarbonyl (C=S) groups is 1. The molecule has 1 aromatic carbocycles. The van der Waals surface area contributed by atoms with E-state index in [-0.39, 0.29) is 6.04 Å². The molecule has 0 radical (unpaired) electrons. The summed E-state index contributed by atoms with van der Waals surface area (Å²) in [5.74, 6) is -0.400. The van der Waals surface area contributed by atoms with Gasteiger partial charge < -0.3 is 16.4 Å². The first-order chi connectivity index (χ1) is 8.51. The van der Waals surface area contributed by atoms with Gasteiger partial charge in [0.1, 0.15) is 5.82 Å². The van der Waals surface area contributed by atoms with Gasteiger partial charge in [0.05, 0.1) is 4.99 Å². The summed E-state index contributed by atoms with van der Waals surface area (Å²) in [6, 6.07) is 5.17. The van der Waals surface area contributed by atoms with Crippen molar-refractivity contribution < 1.29 is 9.18 Å². The fourth-order valence-corrected chi connectivity index (χ4v) is 1.66. The Hall–Kier alpha value is -1.69. The van der Waals surface area contributed by atoms with Crippen LogP contribution in [0.4, 0.5) is 14.9 Å². The van der Waals surface area contributed by atoms with Crippen molar-refractivity contribution in [1.29, 1.82) is 0 Å². The average Bonchev–Trinajstić information content (AvgIpc) is 2.27. The van der Waals surface area contributed by atoms with E-state index in [2.05, 4.69) is 10.6 Å². The molecule has 2 amide bonds. The number of urea groups is 1. The van der Waals surface area contributed by atoms with E-state index >= 15 is 0 Å². The molecule has 0 aromatic heterocycles. The molecule has 1 aromatic rings. The molecule has 18 heavy (non-hydrogen) atoms. The molecule has 0 saturated heterocycles. The van der Waals surface area contributed by atoms with E-state index < -0.39 is 11.8 Å². The predicted octanol–water partition coefficient (Wildman–Crippen LogP) is 2.40. The van der Waals surface area contributed by atoms with Gasteiger partial charge in [-0.1, -0.05) is 25.2 Å². The van der Waals surface area contributed by atoms with Crippen LogP contribution in [-0.2, 0) is 0 Å². The number of hydrogen-bond donors (Lipinski definition) is 3. The Bertz CT molecular complexity index is 439. The molecule has 0 aliphatic heterocycles. The molecule has 0 heterocycles. The Morgan fingerprint density at radius 2 is 2.28 bits per heavy atom. The van der Waals surface area contributed by atoms with Crippen LogP contribution in [0.2, 0.25) is 0 Å². The van der Waals surface area contributed by atoms with Crippen molar-refractivity contribution in [2.75, 3.05) is 5.32 Å². The van der Waals surface area contributed by atoms with Crippen molar-refractivity contribution in [3.63, 3.8) is 0 Å². The van der Waals surface area contributed by atoms with Crippen LogP contribution in [0, 0.1) is 5.82 Å². The number of carbonyl (C=O) groups is 1. The van der Waals surface area contributed by atoms with E-state index in [0.29, 0.717) is 23.5 Å². The fraction of sp³-hybridized carbons (Fsp3) is 0.333. The topological polar surface area (TPSA) is 67.1 Å². The minimum Gasteiger partial charge on any atom is -0.393 e. The molecule has 1 unspecified atom stereocenters. The van der Waals surface area contributed by atoms with E-state index in [1.165, 1.54) is 18.2 Å². The largest absolute Gasteiger partial charge is 0.393 e. The number of hydrogen-bond acceptors (Lipinski definition) is 2. The second-order valence-corrected chi connectivity index (χ2v) is 4.41. The molecule has 1 atom stereocenters. The number of nitrogens with two attached hydrogens (primary N) is 1. The number of carbonyl (C=O) groups excluding carboxylic acids is 1. The lowest BCUT2D eigenvalue weighted by Crippen LogP contribution is -2.39. The van der Waals surface area contributed by atoms with Crippen molar-refractivity contribution in [2.45, 2.75) is 25.8 Å². The van der Waals surface area contributed by atoms with Crippen molar-refractivity contribution >= 4 is 28.9 Å². The summed E-state index contributed by atoms with van der Waals surface area (Å²) in [5, 5.41) is 5.27. The highest BCUT2D eigenvalue weighted by atomic mass is 32.1. The Morgan fingerprint density at radius 3 is 2.83 bits per heavy atom. The van der Waals surface area contributed by atoms with Crippen LogP contribution in [0.25, 0.3) is 0 Å². The van der Waals surface area contributed by atoms with E-state index in [0.717, 1.165) is 0 Å². The van der Waals surface area contributed by atoms with Crippen LogP contribution in [0.5, 0.6) is 0 Å². The molecule has 98 valence electrons. The van der Waals surface area contributed by atoms with Gasteiger partial charge in [0.15, 0.2) is 0 Å². The summed E-state index contributed by atoms with van der Waals surface area (Å²) in [7, 11) is 0. The quantitative estimate of drug-likeness (QED) is 0.719. The second kappa shape index (κ2) is 6.90. The maximum absolute atomic E-state index is 12.9. The number of nitrogens with one attached hydrogen (secondary N) is 2. The zero-order valence-corrected chi connectivity index (χ0v) is 10.9. The summed E-state index contributed by atoms with van der Waals surface area (Å²) < 4.78 is 12.9. The first-order valence-corrected chi connectivity index (χ1v) is 6.03. The number of benzene rings is 1. The highest BCUT2D eigenvalue weighted by molar-refractivity contribution is 7.80. The van der Waals surface area contributed by atoms with Gasteiger partial charge in [0.2, 0.25) is 0 Å². The lowest BCUT2D eigenvalue weighted by atomic mass is 10.1. The van der Waals surface area contributed by atoms with Crippen LogP contribution in [-0.4, -0.2) is 17.1 Å². The second-order valence-electron chi connectivity index (χ2n) is 3.88. The molecule has 4 N–H and O–H groups in total. The molecule has 0 bridgehead atoms. The third-order valence-corrected chi connectivity index (χ3v) is 2.52. The zero-order valence-electron chi connectivity index (χ0n) is 10.1. The van der Waals surface area contributed by atoms with Crippen molar-refractivity contribution in [3.05, 3.63) is 30.1 Å². The first kappa shape index (κ1) is 14.4. The van der Waals surface area contributed by atoms with E-state index in [1.807, 2.05) is 6.92 Å². The molecule has 0 aliphatic rings. The maximum Gasteiger partial charge on any atom is 0.319 e. The smallest absolute Gasteiger partial charge is 0.319 e. The molecule has 0 aliphatic carbocycles. The van der Waals surface area contributed by atoms with Gasteiger partial charge in [-0.3, -0.25) is 0 Å². The maximum atomic E-state index is 12.9. The number of amides is 2. The van der Waals surface area contributed by atoms with Crippen LogP contribution < -0.4 is 16.4 Å². The highest BCUT2D eigenvalue weighted by Gasteiger charge is 2.11. The predicted molar refractivity (Wildman–Crippen MR) is 74.0 cm³/mol. The van der Waals surface area contributed by atoms with Gasteiger partial charge >= 0.3 is 6.03 Å². The molecule has 1 rings (SSSR count). The molecule has 0 spiro atoms. The van der Waals surface area contributed by atoms with Gasteiger partial charge in [0.25, 0.3) is 0 Å². The summed E-state index contributed by atoms with van der Waals surface area (Å²) in [5.41, 5.74) is 5.83. The van der Waals surface area contributed by atoms with Crippen molar-refractivity contribution in [1.82, 2.24) is 5.32 Å². The van der Waals surface area contributed by atoms with Gasteiger partial charge in [-0.2, -0.15) is 0 Å². The summed E-state index contributed by atoms with van der Waals surface area (Å²) in [6.45, 7) is 1.92. The monoisotopic (exact) mass is 269 g/mol. The summed E-state index contributed by atoms with van der Waals surface area (Å²) >= 11 is 4.79. The third-order valence-electron chi connectivity index (χ3n) is 2.36. The van der Waals surface area contributed by atoms with Crippen molar-refractivity contribution in [2.24, 2.45) is 5.73 Å². The van der Waals surface area contributed by atoms with Gasteiger partial charge in [-0.15, -0.1) is 0 Å². The number of halogens is 1.